The third kappa shape index (κ3) is 3.24. The Labute approximate surface area is 103 Å². The van der Waals surface area contributed by atoms with Crippen LogP contribution in [0.5, 0.6) is 5.75 Å². The van der Waals surface area contributed by atoms with Gasteiger partial charge in [0.1, 0.15) is 11.5 Å². The predicted octanol–water partition coefficient (Wildman–Crippen LogP) is 3.15. The molecule has 0 bridgehead atoms. The Kier molecular flexibility index (Phi) is 3.59. The molecule has 1 atom stereocenters. The summed E-state index contributed by atoms with van der Waals surface area (Å²) in [7, 11) is 0. The first kappa shape index (κ1) is 12.9. The van der Waals surface area contributed by atoms with Gasteiger partial charge in [-0.1, -0.05) is 18.2 Å². The average Bonchev–Trinajstić information content (AvgIpc) is 2.34. The number of para-hydroxylation sites is 1. The van der Waals surface area contributed by atoms with Gasteiger partial charge in [-0.05, 0) is 18.1 Å². The van der Waals surface area contributed by atoms with Crippen LogP contribution in [0.25, 0.3) is 0 Å². The maximum absolute atomic E-state index is 12.0. The van der Waals surface area contributed by atoms with Crippen LogP contribution in [0.15, 0.2) is 24.3 Å². The molecule has 0 aliphatic carbocycles. The van der Waals surface area contributed by atoms with Crippen LogP contribution in [0.4, 0.5) is 13.2 Å². The van der Waals surface area contributed by atoms with E-state index in [0.717, 1.165) is 11.3 Å². The van der Waals surface area contributed by atoms with Crippen molar-refractivity contribution in [2.45, 2.75) is 25.4 Å². The van der Waals surface area contributed by atoms with Crippen LogP contribution >= 0.6 is 0 Å². The molecule has 1 aliphatic rings. The fourth-order valence-electron chi connectivity index (χ4n) is 2.00. The molecular formula is C13H13F3O2. The molecule has 98 valence electrons. The van der Waals surface area contributed by atoms with Crippen molar-refractivity contribution in [1.29, 1.82) is 0 Å². The third-order valence-electron chi connectivity index (χ3n) is 2.99. The van der Waals surface area contributed by atoms with E-state index < -0.39 is 24.9 Å². The number of carbonyl (C=O) groups is 1. The standard InChI is InChI=1S/C13H13F3O2/c14-13(15,16)6-5-11(17)10-7-9-3-1-2-4-12(9)18-8-10/h1-4,10H,5-8H2. The first-order valence-corrected chi connectivity index (χ1v) is 5.76. The summed E-state index contributed by atoms with van der Waals surface area (Å²) in [5, 5.41) is 0. The number of halogens is 3. The fourth-order valence-corrected chi connectivity index (χ4v) is 2.00. The van der Waals surface area contributed by atoms with E-state index in [-0.39, 0.29) is 12.4 Å². The molecule has 1 aliphatic heterocycles. The van der Waals surface area contributed by atoms with Crippen LogP contribution in [-0.2, 0) is 11.2 Å². The van der Waals surface area contributed by atoms with E-state index in [9.17, 15) is 18.0 Å². The zero-order valence-electron chi connectivity index (χ0n) is 9.67. The number of rotatable bonds is 3. The van der Waals surface area contributed by atoms with Gasteiger partial charge in [0.05, 0.1) is 18.9 Å². The number of hydrogen-bond donors (Lipinski definition) is 0. The molecule has 0 saturated carbocycles. The van der Waals surface area contributed by atoms with Crippen molar-refractivity contribution in [2.24, 2.45) is 5.92 Å². The van der Waals surface area contributed by atoms with E-state index in [4.69, 9.17) is 4.74 Å². The molecule has 1 aromatic rings. The van der Waals surface area contributed by atoms with Crippen LogP contribution in [-0.4, -0.2) is 18.6 Å². The summed E-state index contributed by atoms with van der Waals surface area (Å²) in [5.74, 6) is -0.110. The molecule has 1 heterocycles. The molecule has 2 rings (SSSR count). The van der Waals surface area contributed by atoms with Crippen molar-refractivity contribution in [2.75, 3.05) is 6.61 Å². The minimum absolute atomic E-state index is 0.174. The van der Waals surface area contributed by atoms with Crippen molar-refractivity contribution in [3.8, 4) is 5.75 Å². The first-order valence-electron chi connectivity index (χ1n) is 5.76. The van der Waals surface area contributed by atoms with Crippen LogP contribution < -0.4 is 4.74 Å². The Morgan fingerprint density at radius 2 is 2.06 bits per heavy atom. The van der Waals surface area contributed by atoms with E-state index in [0.29, 0.717) is 6.42 Å². The lowest BCUT2D eigenvalue weighted by Gasteiger charge is -2.24. The summed E-state index contributed by atoms with van der Waals surface area (Å²) in [5.41, 5.74) is 0.883. The summed E-state index contributed by atoms with van der Waals surface area (Å²) in [4.78, 5) is 11.7. The van der Waals surface area contributed by atoms with Crippen molar-refractivity contribution in [3.05, 3.63) is 29.8 Å². The maximum Gasteiger partial charge on any atom is 0.389 e. The lowest BCUT2D eigenvalue weighted by molar-refractivity contribution is -0.145. The molecule has 1 aromatic carbocycles. The molecule has 0 spiro atoms. The Morgan fingerprint density at radius 1 is 1.33 bits per heavy atom. The normalized spacial score (nSPS) is 18.9. The van der Waals surface area contributed by atoms with Crippen LogP contribution in [0.3, 0.4) is 0 Å². The molecular weight excluding hydrogens is 245 g/mol. The molecule has 0 amide bonds. The number of fused-ring (bicyclic) bond motifs is 1. The van der Waals surface area contributed by atoms with E-state index >= 15 is 0 Å². The second-order valence-corrected chi connectivity index (χ2v) is 4.40. The second-order valence-electron chi connectivity index (χ2n) is 4.40. The zero-order valence-corrected chi connectivity index (χ0v) is 9.67. The SMILES string of the molecule is O=C(CCC(F)(F)F)C1COc2ccccc2C1. The number of carbonyl (C=O) groups excluding carboxylic acids is 1. The van der Waals surface area contributed by atoms with Crippen molar-refractivity contribution in [1.82, 2.24) is 0 Å². The van der Waals surface area contributed by atoms with Crippen molar-refractivity contribution < 1.29 is 22.7 Å². The van der Waals surface area contributed by atoms with Gasteiger partial charge < -0.3 is 4.74 Å². The second kappa shape index (κ2) is 5.00. The van der Waals surface area contributed by atoms with Gasteiger partial charge in [0.15, 0.2) is 0 Å². The summed E-state index contributed by atoms with van der Waals surface area (Å²) in [6, 6.07) is 7.28. The van der Waals surface area contributed by atoms with Gasteiger partial charge >= 0.3 is 6.18 Å². The average molecular weight is 258 g/mol. The highest BCUT2D eigenvalue weighted by Crippen LogP contribution is 2.29. The zero-order chi connectivity index (χ0) is 13.2. The summed E-state index contributed by atoms with van der Waals surface area (Å²) >= 11 is 0. The van der Waals surface area contributed by atoms with Crippen LogP contribution in [0, 0.1) is 5.92 Å². The van der Waals surface area contributed by atoms with Gasteiger partial charge in [0.2, 0.25) is 0 Å². The molecule has 0 aromatic heterocycles. The van der Waals surface area contributed by atoms with Gasteiger partial charge in [-0.2, -0.15) is 13.2 Å². The Bertz CT molecular complexity index is 440. The number of ether oxygens (including phenoxy) is 1. The lowest BCUT2D eigenvalue weighted by Crippen LogP contribution is -2.29. The minimum Gasteiger partial charge on any atom is -0.493 e. The van der Waals surface area contributed by atoms with Gasteiger partial charge in [-0.15, -0.1) is 0 Å². The first-order chi connectivity index (χ1) is 8.46. The molecule has 0 saturated heterocycles. The Balaban J connectivity index is 1.95. The van der Waals surface area contributed by atoms with E-state index in [2.05, 4.69) is 0 Å². The Hall–Kier alpha value is -1.52. The maximum atomic E-state index is 12.0. The quantitative estimate of drug-likeness (QED) is 0.832. The largest absolute Gasteiger partial charge is 0.493 e. The summed E-state index contributed by atoms with van der Waals surface area (Å²) < 4.78 is 41.5. The molecule has 0 fully saturated rings. The number of ketones is 1. The van der Waals surface area contributed by atoms with Crippen molar-refractivity contribution in [3.63, 3.8) is 0 Å². The number of alkyl halides is 3. The predicted molar refractivity (Wildman–Crippen MR) is 59.4 cm³/mol. The lowest BCUT2D eigenvalue weighted by atomic mass is 9.91. The molecule has 0 radical (unpaired) electrons. The monoisotopic (exact) mass is 258 g/mol. The number of hydrogen-bond acceptors (Lipinski definition) is 2. The minimum atomic E-state index is -4.27. The molecule has 1 unspecified atom stereocenters. The molecule has 5 heteroatoms. The van der Waals surface area contributed by atoms with Gasteiger partial charge in [0, 0.05) is 6.42 Å². The van der Waals surface area contributed by atoms with Crippen molar-refractivity contribution >= 4 is 5.78 Å². The highest BCUT2D eigenvalue weighted by molar-refractivity contribution is 5.81. The smallest absolute Gasteiger partial charge is 0.389 e. The Morgan fingerprint density at radius 3 is 2.78 bits per heavy atom. The van der Waals surface area contributed by atoms with Gasteiger partial charge in [-0.25, -0.2) is 0 Å². The topological polar surface area (TPSA) is 26.3 Å². The van der Waals surface area contributed by atoms with E-state index in [1.165, 1.54) is 0 Å². The third-order valence-corrected chi connectivity index (χ3v) is 2.99. The summed E-state index contributed by atoms with van der Waals surface area (Å²) in [6.07, 6.45) is -5.32. The highest BCUT2D eigenvalue weighted by Gasteiger charge is 2.31. The molecule has 0 N–H and O–H groups in total. The number of Topliss-reactive ketones (excluding diaryl/α,β-unsaturated/α-hetero) is 1. The van der Waals surface area contributed by atoms with Gasteiger partial charge in [0.25, 0.3) is 0 Å². The van der Waals surface area contributed by atoms with Crippen LogP contribution in [0.1, 0.15) is 18.4 Å². The fraction of sp³-hybridized carbons (Fsp3) is 0.462. The van der Waals surface area contributed by atoms with Gasteiger partial charge in [-0.3, -0.25) is 4.79 Å². The molecule has 18 heavy (non-hydrogen) atoms. The summed E-state index contributed by atoms with van der Waals surface area (Å²) in [6.45, 7) is 0.174. The van der Waals surface area contributed by atoms with Crippen LogP contribution in [0.2, 0.25) is 0 Å². The van der Waals surface area contributed by atoms with E-state index in [1.54, 1.807) is 6.07 Å². The number of benzene rings is 1. The van der Waals surface area contributed by atoms with E-state index in [1.807, 2.05) is 18.2 Å². The highest BCUT2D eigenvalue weighted by atomic mass is 19.4. The molecule has 2 nitrogen and oxygen atoms in total.